The van der Waals surface area contributed by atoms with E-state index in [9.17, 15) is 0 Å². The highest BCUT2D eigenvalue weighted by Gasteiger charge is 2.20. The van der Waals surface area contributed by atoms with Crippen molar-refractivity contribution < 1.29 is 4.74 Å². The minimum atomic E-state index is 0.729. The summed E-state index contributed by atoms with van der Waals surface area (Å²) in [5, 5.41) is 9.14. The van der Waals surface area contributed by atoms with Crippen LogP contribution in [0.2, 0.25) is 0 Å². The van der Waals surface area contributed by atoms with E-state index < -0.39 is 0 Å². The third kappa shape index (κ3) is 7.01. The summed E-state index contributed by atoms with van der Waals surface area (Å²) in [6.45, 7) is 9.34. The van der Waals surface area contributed by atoms with Crippen LogP contribution in [0.1, 0.15) is 59.1 Å². The molecule has 0 spiro atoms. The Morgan fingerprint density at radius 1 is 0.892 bits per heavy atom. The molecule has 37 heavy (non-hydrogen) atoms. The molecule has 0 atom stereocenters. The number of ether oxygens (including phenoxy) is 1. The second kappa shape index (κ2) is 12.4. The van der Waals surface area contributed by atoms with Crippen LogP contribution in [0.4, 0.5) is 0 Å². The van der Waals surface area contributed by atoms with Gasteiger partial charge in [-0.1, -0.05) is 42.5 Å². The maximum Gasteiger partial charge on any atom is 0.119 e. The highest BCUT2D eigenvalue weighted by atomic mass is 16.5. The quantitative estimate of drug-likeness (QED) is 0.359. The Bertz CT molecular complexity index is 1220. The van der Waals surface area contributed by atoms with Crippen molar-refractivity contribution in [2.24, 2.45) is 5.92 Å². The van der Waals surface area contributed by atoms with Gasteiger partial charge < -0.3 is 4.74 Å². The van der Waals surface area contributed by atoms with E-state index in [1.54, 1.807) is 0 Å². The Hall–Kier alpha value is -3.13. The largest absolute Gasteiger partial charge is 0.494 e. The fourth-order valence-corrected chi connectivity index (χ4v) is 5.83. The van der Waals surface area contributed by atoms with Crippen LogP contribution >= 0.6 is 0 Å². The van der Waals surface area contributed by atoms with Gasteiger partial charge in [-0.05, 0) is 117 Å². The van der Waals surface area contributed by atoms with Crippen LogP contribution in [0, 0.1) is 24.2 Å². The first-order valence-electron chi connectivity index (χ1n) is 13.9. The number of benzene rings is 3. The zero-order valence-corrected chi connectivity index (χ0v) is 22.2. The van der Waals surface area contributed by atoms with Crippen LogP contribution in [0.5, 0.6) is 5.75 Å². The molecule has 5 rings (SSSR count). The van der Waals surface area contributed by atoms with E-state index in [4.69, 9.17) is 10.00 Å². The molecule has 4 nitrogen and oxygen atoms in total. The highest BCUT2D eigenvalue weighted by molar-refractivity contribution is 5.37. The Kier molecular flexibility index (Phi) is 8.56. The monoisotopic (exact) mass is 493 g/mol. The summed E-state index contributed by atoms with van der Waals surface area (Å²) in [7, 11) is 0. The molecule has 2 aliphatic rings. The van der Waals surface area contributed by atoms with Gasteiger partial charge in [0, 0.05) is 19.6 Å². The van der Waals surface area contributed by atoms with Gasteiger partial charge in [-0.15, -0.1) is 0 Å². The molecule has 0 aliphatic carbocycles. The van der Waals surface area contributed by atoms with Gasteiger partial charge in [0.15, 0.2) is 0 Å². The van der Waals surface area contributed by atoms with E-state index in [-0.39, 0.29) is 0 Å². The van der Waals surface area contributed by atoms with Crippen LogP contribution in [0.3, 0.4) is 0 Å². The van der Waals surface area contributed by atoms with Gasteiger partial charge in [-0.25, -0.2) is 0 Å². The van der Waals surface area contributed by atoms with Gasteiger partial charge in [-0.2, -0.15) is 5.26 Å². The smallest absolute Gasteiger partial charge is 0.119 e. The number of aryl methyl sites for hydroxylation is 2. The van der Waals surface area contributed by atoms with Crippen LogP contribution in [0.15, 0.2) is 66.7 Å². The zero-order chi connectivity index (χ0) is 25.5. The van der Waals surface area contributed by atoms with Crippen LogP contribution < -0.4 is 4.74 Å². The topological polar surface area (TPSA) is 39.5 Å². The Morgan fingerprint density at radius 2 is 1.76 bits per heavy atom. The molecule has 192 valence electrons. The number of nitrogens with zero attached hydrogens (tertiary/aromatic N) is 3. The third-order valence-electron chi connectivity index (χ3n) is 8.11. The predicted octanol–water partition coefficient (Wildman–Crippen LogP) is 6.50. The molecule has 2 heterocycles. The fraction of sp³-hybridized carbons (Fsp3) is 0.424. The lowest BCUT2D eigenvalue weighted by molar-refractivity contribution is 0.157. The van der Waals surface area contributed by atoms with Crippen molar-refractivity contribution in [3.63, 3.8) is 0 Å². The van der Waals surface area contributed by atoms with E-state index in [0.717, 1.165) is 75.9 Å². The minimum absolute atomic E-state index is 0.729. The molecule has 2 aliphatic heterocycles. The van der Waals surface area contributed by atoms with Crippen molar-refractivity contribution in [3.8, 4) is 11.8 Å². The fourth-order valence-electron chi connectivity index (χ4n) is 5.83. The molecule has 0 amide bonds. The number of nitriles is 1. The lowest BCUT2D eigenvalue weighted by atomic mass is 9.93. The summed E-state index contributed by atoms with van der Waals surface area (Å²) in [6, 6.07) is 25.8. The molecule has 3 aromatic carbocycles. The average Bonchev–Trinajstić information content (AvgIpc) is 3.12. The highest BCUT2D eigenvalue weighted by Crippen LogP contribution is 2.27. The molecule has 0 saturated carbocycles. The first kappa shape index (κ1) is 25.5. The van der Waals surface area contributed by atoms with Gasteiger partial charge in [0.1, 0.15) is 5.75 Å². The third-order valence-corrected chi connectivity index (χ3v) is 8.11. The van der Waals surface area contributed by atoms with E-state index in [1.807, 2.05) is 18.2 Å². The Labute approximate surface area is 222 Å². The minimum Gasteiger partial charge on any atom is -0.494 e. The number of hydrogen-bond donors (Lipinski definition) is 0. The number of likely N-dealkylation sites (tertiary alicyclic amines) is 1. The standard InChI is InChI=1S/C33H39N3O/c1-26-6-2-3-9-31(26)24-36-16-5-10-30-11-12-33(21-32(30)25-36)37-19-15-27-13-17-35(18-14-27)23-29-8-4-7-28(20-29)22-34/h2-4,6-9,11-12,20-21,27H,5,10,13-19,23-25H2,1H3. The summed E-state index contributed by atoms with van der Waals surface area (Å²) >= 11 is 0. The van der Waals surface area contributed by atoms with Gasteiger partial charge in [0.25, 0.3) is 0 Å². The summed E-state index contributed by atoms with van der Waals surface area (Å²) in [4.78, 5) is 5.10. The molecular weight excluding hydrogens is 454 g/mol. The maximum atomic E-state index is 9.14. The lowest BCUT2D eigenvalue weighted by Crippen LogP contribution is -2.33. The molecule has 0 radical (unpaired) electrons. The lowest BCUT2D eigenvalue weighted by Gasteiger charge is -2.32. The molecule has 4 heteroatoms. The molecule has 0 unspecified atom stereocenters. The molecular formula is C33H39N3O. The normalized spacial score (nSPS) is 17.1. The second-order valence-electron chi connectivity index (χ2n) is 10.8. The Balaban J connectivity index is 1.08. The number of hydrogen-bond acceptors (Lipinski definition) is 4. The first-order chi connectivity index (χ1) is 18.2. The van der Waals surface area contributed by atoms with Crippen LogP contribution in [0.25, 0.3) is 0 Å². The molecule has 0 aromatic heterocycles. The first-order valence-corrected chi connectivity index (χ1v) is 13.9. The van der Waals surface area contributed by atoms with Gasteiger partial charge in [0.05, 0.1) is 18.2 Å². The summed E-state index contributed by atoms with van der Waals surface area (Å²) in [6.07, 6.45) is 5.92. The zero-order valence-electron chi connectivity index (χ0n) is 22.2. The SMILES string of the molecule is Cc1ccccc1CN1CCCc2ccc(OCCC3CCN(Cc4cccc(C#N)c4)CC3)cc2C1. The van der Waals surface area contributed by atoms with Crippen molar-refractivity contribution >= 4 is 0 Å². The van der Waals surface area contributed by atoms with E-state index in [0.29, 0.717) is 0 Å². The van der Waals surface area contributed by atoms with Crippen molar-refractivity contribution in [2.45, 2.75) is 58.7 Å². The summed E-state index contributed by atoms with van der Waals surface area (Å²) in [5.74, 6) is 1.75. The van der Waals surface area contributed by atoms with Crippen molar-refractivity contribution in [1.82, 2.24) is 9.80 Å². The summed E-state index contributed by atoms with van der Waals surface area (Å²) < 4.78 is 6.27. The molecule has 1 saturated heterocycles. The van der Waals surface area contributed by atoms with Crippen molar-refractivity contribution in [3.05, 3.63) is 100 Å². The van der Waals surface area contributed by atoms with Gasteiger partial charge in [0.2, 0.25) is 0 Å². The molecule has 1 fully saturated rings. The summed E-state index contributed by atoms with van der Waals surface area (Å²) in [5.41, 5.74) is 7.70. The molecule has 3 aromatic rings. The number of fused-ring (bicyclic) bond motifs is 1. The van der Waals surface area contributed by atoms with E-state index in [2.05, 4.69) is 71.3 Å². The number of piperidine rings is 1. The molecule has 0 bridgehead atoms. The van der Waals surface area contributed by atoms with Crippen LogP contribution in [-0.4, -0.2) is 36.0 Å². The second-order valence-corrected chi connectivity index (χ2v) is 10.8. The number of rotatable bonds is 8. The van der Waals surface area contributed by atoms with Crippen molar-refractivity contribution in [2.75, 3.05) is 26.2 Å². The van der Waals surface area contributed by atoms with Crippen molar-refractivity contribution in [1.29, 1.82) is 5.26 Å². The van der Waals surface area contributed by atoms with Crippen LogP contribution in [-0.2, 0) is 26.1 Å². The average molecular weight is 494 g/mol. The van der Waals surface area contributed by atoms with Gasteiger partial charge >= 0.3 is 0 Å². The van der Waals surface area contributed by atoms with E-state index >= 15 is 0 Å². The molecule has 0 N–H and O–H groups in total. The van der Waals surface area contributed by atoms with E-state index in [1.165, 1.54) is 47.1 Å². The Morgan fingerprint density at radius 3 is 2.59 bits per heavy atom. The van der Waals surface area contributed by atoms with Gasteiger partial charge in [-0.3, -0.25) is 9.80 Å². The maximum absolute atomic E-state index is 9.14. The predicted molar refractivity (Wildman–Crippen MR) is 149 cm³/mol.